The number of anilines is 1. The number of thiophene rings is 1. The molecular formula is C14H18N4OS. The van der Waals surface area contributed by atoms with Crippen LogP contribution in [0.25, 0.3) is 10.2 Å². The molecule has 0 aliphatic carbocycles. The van der Waals surface area contributed by atoms with Gasteiger partial charge in [-0.3, -0.25) is 4.79 Å². The number of piperidine rings is 1. The van der Waals surface area contributed by atoms with Gasteiger partial charge in [-0.05, 0) is 37.6 Å². The van der Waals surface area contributed by atoms with E-state index in [9.17, 15) is 4.79 Å². The summed E-state index contributed by atoms with van der Waals surface area (Å²) in [5, 5.41) is 6.20. The van der Waals surface area contributed by atoms with Crippen LogP contribution in [0, 0.1) is 0 Å². The second kappa shape index (κ2) is 5.75. The van der Waals surface area contributed by atoms with Crippen molar-refractivity contribution in [1.29, 1.82) is 0 Å². The van der Waals surface area contributed by atoms with Gasteiger partial charge in [0.25, 0.3) is 0 Å². The van der Waals surface area contributed by atoms with Crippen molar-refractivity contribution in [3.63, 3.8) is 0 Å². The van der Waals surface area contributed by atoms with E-state index in [0.717, 1.165) is 42.0 Å². The number of hydrogen-bond donors (Lipinski definition) is 1. The van der Waals surface area contributed by atoms with Crippen molar-refractivity contribution < 1.29 is 4.79 Å². The molecule has 0 radical (unpaired) electrons. The molecule has 1 atom stereocenters. The number of likely N-dealkylation sites (tertiary alicyclic amines) is 1. The average molecular weight is 290 g/mol. The highest BCUT2D eigenvalue weighted by molar-refractivity contribution is 7.16. The Balaban J connectivity index is 1.73. The van der Waals surface area contributed by atoms with Crippen LogP contribution in [0.5, 0.6) is 0 Å². The van der Waals surface area contributed by atoms with Crippen molar-refractivity contribution in [1.82, 2.24) is 14.9 Å². The molecule has 1 aliphatic rings. The number of hydrogen-bond acceptors (Lipinski definition) is 5. The number of aromatic nitrogens is 2. The Morgan fingerprint density at radius 1 is 1.35 bits per heavy atom. The Labute approximate surface area is 122 Å². The first-order valence-corrected chi connectivity index (χ1v) is 7.87. The summed E-state index contributed by atoms with van der Waals surface area (Å²) in [6.07, 6.45) is 4.99. The summed E-state index contributed by atoms with van der Waals surface area (Å²) in [5.74, 6) is 0.904. The summed E-state index contributed by atoms with van der Waals surface area (Å²) in [6.45, 7) is 3.65. The molecule has 106 valence electrons. The second-order valence-corrected chi connectivity index (χ2v) is 6.01. The number of fused-ring (bicyclic) bond motifs is 1. The zero-order chi connectivity index (χ0) is 13.9. The molecule has 3 heterocycles. The topological polar surface area (TPSA) is 58.1 Å². The lowest BCUT2D eigenvalue weighted by atomic mass is 10.1. The van der Waals surface area contributed by atoms with Gasteiger partial charge >= 0.3 is 0 Å². The van der Waals surface area contributed by atoms with E-state index < -0.39 is 0 Å². The van der Waals surface area contributed by atoms with Crippen LogP contribution in [0.3, 0.4) is 0 Å². The Hall–Kier alpha value is -1.69. The number of rotatable bonds is 3. The first-order valence-electron chi connectivity index (χ1n) is 6.99. The monoisotopic (exact) mass is 290 g/mol. The van der Waals surface area contributed by atoms with Gasteiger partial charge in [0.05, 0.1) is 5.39 Å². The zero-order valence-corrected chi connectivity index (χ0v) is 12.3. The molecule has 1 amide bonds. The van der Waals surface area contributed by atoms with Crippen LogP contribution in [-0.2, 0) is 4.79 Å². The van der Waals surface area contributed by atoms with Gasteiger partial charge in [-0.1, -0.05) is 0 Å². The van der Waals surface area contributed by atoms with Gasteiger partial charge in [-0.25, -0.2) is 9.97 Å². The quantitative estimate of drug-likeness (QED) is 0.943. The van der Waals surface area contributed by atoms with E-state index in [1.165, 1.54) is 6.42 Å². The average Bonchev–Trinajstić information content (AvgIpc) is 2.97. The van der Waals surface area contributed by atoms with Crippen LogP contribution in [0.1, 0.15) is 26.2 Å². The standard InChI is InChI=1S/C14H18N4OS/c1-10(14(19)18-6-3-2-4-7-18)17-12-11-5-8-20-13(11)16-9-15-12/h5,8-10H,2-4,6-7H2,1H3,(H,15,16,17)/t10-/m0/s1. The minimum Gasteiger partial charge on any atom is -0.358 e. The third kappa shape index (κ3) is 2.60. The number of carbonyl (C=O) groups excluding carboxylic acids is 1. The molecule has 2 aromatic heterocycles. The maximum atomic E-state index is 12.4. The summed E-state index contributed by atoms with van der Waals surface area (Å²) in [5.41, 5.74) is 0. The molecule has 1 fully saturated rings. The van der Waals surface area contributed by atoms with Crippen molar-refractivity contribution >= 4 is 33.3 Å². The summed E-state index contributed by atoms with van der Waals surface area (Å²) in [4.78, 5) is 23.8. The van der Waals surface area contributed by atoms with Crippen LogP contribution in [0.15, 0.2) is 17.8 Å². The molecule has 0 saturated carbocycles. The van der Waals surface area contributed by atoms with E-state index in [0.29, 0.717) is 0 Å². The molecule has 20 heavy (non-hydrogen) atoms. The Morgan fingerprint density at radius 2 is 2.15 bits per heavy atom. The van der Waals surface area contributed by atoms with E-state index in [2.05, 4.69) is 15.3 Å². The molecular weight excluding hydrogens is 272 g/mol. The predicted octanol–water partition coefficient (Wildman–Crippen LogP) is 2.50. The third-order valence-corrected chi connectivity index (χ3v) is 4.47. The van der Waals surface area contributed by atoms with Gasteiger partial charge in [0.15, 0.2) is 0 Å². The largest absolute Gasteiger partial charge is 0.358 e. The minimum absolute atomic E-state index is 0.159. The summed E-state index contributed by atoms with van der Waals surface area (Å²) >= 11 is 1.58. The Morgan fingerprint density at radius 3 is 2.95 bits per heavy atom. The molecule has 3 rings (SSSR count). The van der Waals surface area contributed by atoms with Crippen LogP contribution in [0.4, 0.5) is 5.82 Å². The van der Waals surface area contributed by atoms with Crippen LogP contribution in [0.2, 0.25) is 0 Å². The van der Waals surface area contributed by atoms with Crippen LogP contribution in [-0.4, -0.2) is 39.9 Å². The lowest BCUT2D eigenvalue weighted by Crippen LogP contribution is -2.44. The van der Waals surface area contributed by atoms with E-state index >= 15 is 0 Å². The highest BCUT2D eigenvalue weighted by Crippen LogP contribution is 2.24. The normalized spacial score (nSPS) is 17.1. The molecule has 2 aromatic rings. The van der Waals surface area contributed by atoms with E-state index in [4.69, 9.17) is 0 Å². The first-order chi connectivity index (χ1) is 9.75. The SMILES string of the molecule is C[C@H](Nc1ncnc2sccc12)C(=O)N1CCCCC1. The van der Waals surface area contributed by atoms with Gasteiger partial charge in [0, 0.05) is 13.1 Å². The van der Waals surface area contributed by atoms with Gasteiger partial charge in [0.2, 0.25) is 5.91 Å². The fraction of sp³-hybridized carbons (Fsp3) is 0.500. The number of carbonyl (C=O) groups is 1. The van der Waals surface area contributed by atoms with Crippen LogP contribution >= 0.6 is 11.3 Å². The van der Waals surface area contributed by atoms with Crippen molar-refractivity contribution in [3.8, 4) is 0 Å². The fourth-order valence-corrected chi connectivity index (χ4v) is 3.29. The Bertz CT molecular complexity index is 606. The first kappa shape index (κ1) is 13.3. The smallest absolute Gasteiger partial charge is 0.244 e. The maximum absolute atomic E-state index is 12.4. The number of nitrogens with one attached hydrogen (secondary N) is 1. The van der Waals surface area contributed by atoms with Gasteiger partial charge in [-0.15, -0.1) is 11.3 Å². The maximum Gasteiger partial charge on any atom is 0.244 e. The van der Waals surface area contributed by atoms with Crippen LogP contribution < -0.4 is 5.32 Å². The molecule has 1 aliphatic heterocycles. The molecule has 6 heteroatoms. The van der Waals surface area contributed by atoms with Gasteiger partial charge in [-0.2, -0.15) is 0 Å². The van der Waals surface area contributed by atoms with Crippen molar-refractivity contribution in [2.75, 3.05) is 18.4 Å². The highest BCUT2D eigenvalue weighted by Gasteiger charge is 2.22. The molecule has 0 unspecified atom stereocenters. The minimum atomic E-state index is -0.258. The lowest BCUT2D eigenvalue weighted by Gasteiger charge is -2.29. The molecule has 1 saturated heterocycles. The van der Waals surface area contributed by atoms with E-state index in [1.54, 1.807) is 17.7 Å². The fourth-order valence-electron chi connectivity index (χ4n) is 2.56. The number of amides is 1. The molecule has 0 spiro atoms. The van der Waals surface area contributed by atoms with Crippen molar-refractivity contribution in [3.05, 3.63) is 17.8 Å². The molecule has 1 N–H and O–H groups in total. The van der Waals surface area contributed by atoms with Gasteiger partial charge in [0.1, 0.15) is 23.0 Å². The molecule has 5 nitrogen and oxygen atoms in total. The predicted molar refractivity (Wildman–Crippen MR) is 80.9 cm³/mol. The summed E-state index contributed by atoms with van der Waals surface area (Å²) in [6, 6.07) is 1.73. The third-order valence-electron chi connectivity index (χ3n) is 3.65. The molecule has 0 aromatic carbocycles. The van der Waals surface area contributed by atoms with Crippen molar-refractivity contribution in [2.45, 2.75) is 32.2 Å². The summed E-state index contributed by atoms with van der Waals surface area (Å²) in [7, 11) is 0. The number of nitrogens with zero attached hydrogens (tertiary/aromatic N) is 3. The Kier molecular flexibility index (Phi) is 3.82. The molecule has 0 bridgehead atoms. The zero-order valence-electron chi connectivity index (χ0n) is 11.5. The lowest BCUT2D eigenvalue weighted by molar-refractivity contribution is -0.132. The van der Waals surface area contributed by atoms with Crippen molar-refractivity contribution in [2.24, 2.45) is 0 Å². The van der Waals surface area contributed by atoms with E-state index in [-0.39, 0.29) is 11.9 Å². The summed E-state index contributed by atoms with van der Waals surface area (Å²) < 4.78 is 0. The van der Waals surface area contributed by atoms with Gasteiger partial charge < -0.3 is 10.2 Å². The van der Waals surface area contributed by atoms with E-state index in [1.807, 2.05) is 23.3 Å². The second-order valence-electron chi connectivity index (χ2n) is 5.11. The highest BCUT2D eigenvalue weighted by atomic mass is 32.1.